The van der Waals surface area contributed by atoms with Crippen molar-refractivity contribution in [3.8, 4) is 17.2 Å². The average Bonchev–Trinajstić information content (AvgIpc) is 2.97. The number of anilines is 1. The minimum Gasteiger partial charge on any atom is -0.495 e. The number of carbonyl (C=O) groups excluding carboxylic acids is 1. The molecule has 4 rings (SSSR count). The number of rotatable bonds is 11. The van der Waals surface area contributed by atoms with Crippen LogP contribution in [-0.4, -0.2) is 64.0 Å². The highest BCUT2D eigenvalue weighted by Gasteiger charge is 2.19. The zero-order chi connectivity index (χ0) is 27.6. The molecule has 3 aromatic carbocycles. The molecule has 1 aliphatic rings. The van der Waals surface area contributed by atoms with Crippen molar-refractivity contribution in [3.05, 3.63) is 94.5 Å². The first-order valence-corrected chi connectivity index (χ1v) is 13.5. The largest absolute Gasteiger partial charge is 0.495 e. The highest BCUT2D eigenvalue weighted by atomic mass is 79.9. The summed E-state index contributed by atoms with van der Waals surface area (Å²) in [6.07, 6.45) is 3.22. The molecule has 1 amide bonds. The fourth-order valence-electron chi connectivity index (χ4n) is 4.38. The number of hydrogen-bond donors (Lipinski definition) is 1. The van der Waals surface area contributed by atoms with E-state index in [1.807, 2.05) is 48.5 Å². The van der Waals surface area contributed by atoms with Gasteiger partial charge in [-0.3, -0.25) is 9.69 Å². The summed E-state index contributed by atoms with van der Waals surface area (Å²) in [6.45, 7) is 8.64. The molecule has 0 spiro atoms. The Morgan fingerprint density at radius 1 is 1.03 bits per heavy atom. The van der Waals surface area contributed by atoms with E-state index in [9.17, 15) is 4.79 Å². The Labute approximate surface area is 238 Å². The summed E-state index contributed by atoms with van der Waals surface area (Å²) >= 11 is 3.49. The number of ether oxygens (including phenoxy) is 3. The van der Waals surface area contributed by atoms with Crippen molar-refractivity contribution >= 4 is 33.7 Å². The van der Waals surface area contributed by atoms with Crippen molar-refractivity contribution in [2.24, 2.45) is 5.10 Å². The topological polar surface area (TPSA) is 75.6 Å². The maximum absolute atomic E-state index is 12.6. The molecule has 3 aromatic rings. The molecule has 1 fully saturated rings. The average molecular weight is 594 g/mol. The predicted molar refractivity (Wildman–Crippen MR) is 158 cm³/mol. The van der Waals surface area contributed by atoms with Gasteiger partial charge in [0.1, 0.15) is 12.4 Å². The number of carbonyl (C=O) groups is 1. The second-order valence-corrected chi connectivity index (χ2v) is 9.82. The van der Waals surface area contributed by atoms with Gasteiger partial charge in [-0.05, 0) is 63.5 Å². The van der Waals surface area contributed by atoms with Crippen molar-refractivity contribution in [2.45, 2.75) is 6.54 Å². The Balaban J connectivity index is 1.28. The second-order valence-electron chi connectivity index (χ2n) is 8.96. The van der Waals surface area contributed by atoms with Gasteiger partial charge in [0.05, 0.1) is 30.6 Å². The lowest BCUT2D eigenvalue weighted by Crippen LogP contribution is -2.46. The van der Waals surface area contributed by atoms with Crippen LogP contribution in [0.15, 0.2) is 82.9 Å². The molecular weight excluding hydrogens is 560 g/mol. The number of nitrogens with zero attached hydrogens (tertiary/aromatic N) is 3. The van der Waals surface area contributed by atoms with Gasteiger partial charge in [-0.15, -0.1) is 0 Å². The van der Waals surface area contributed by atoms with E-state index >= 15 is 0 Å². The molecular formula is C30H33BrN4O4. The molecule has 0 unspecified atom stereocenters. The molecule has 1 aliphatic heterocycles. The second kappa shape index (κ2) is 13.8. The molecule has 1 saturated heterocycles. The SMILES string of the molecule is C=CCOc1c(Br)cc(/C=N\NC(=O)c2ccc(CN3CCN(c4ccccc4OC)CC3)cc2)cc1OC. The van der Waals surface area contributed by atoms with Crippen molar-refractivity contribution in [2.75, 3.05) is 51.9 Å². The van der Waals surface area contributed by atoms with Crippen molar-refractivity contribution in [1.29, 1.82) is 0 Å². The van der Waals surface area contributed by atoms with Crippen LogP contribution in [0.3, 0.4) is 0 Å². The van der Waals surface area contributed by atoms with Gasteiger partial charge in [-0.1, -0.05) is 36.9 Å². The first-order valence-electron chi connectivity index (χ1n) is 12.7. The molecule has 39 heavy (non-hydrogen) atoms. The third kappa shape index (κ3) is 7.40. The molecule has 204 valence electrons. The summed E-state index contributed by atoms with van der Waals surface area (Å²) in [4.78, 5) is 17.4. The Kier molecular flexibility index (Phi) is 9.99. The Morgan fingerprint density at radius 2 is 1.74 bits per heavy atom. The zero-order valence-electron chi connectivity index (χ0n) is 22.2. The van der Waals surface area contributed by atoms with E-state index in [4.69, 9.17) is 14.2 Å². The van der Waals surface area contributed by atoms with E-state index in [-0.39, 0.29) is 5.91 Å². The molecule has 0 bridgehead atoms. The van der Waals surface area contributed by atoms with E-state index in [2.05, 4.69) is 48.9 Å². The zero-order valence-corrected chi connectivity index (χ0v) is 23.8. The minimum absolute atomic E-state index is 0.278. The first kappa shape index (κ1) is 28.2. The number of para-hydroxylation sites is 2. The molecule has 0 radical (unpaired) electrons. The van der Waals surface area contributed by atoms with Gasteiger partial charge in [0.15, 0.2) is 11.5 Å². The summed E-state index contributed by atoms with van der Waals surface area (Å²) in [7, 11) is 3.28. The van der Waals surface area contributed by atoms with Crippen LogP contribution in [-0.2, 0) is 6.54 Å². The number of methoxy groups -OCH3 is 2. The van der Waals surface area contributed by atoms with E-state index in [1.54, 1.807) is 32.6 Å². The Bertz CT molecular complexity index is 1300. The monoisotopic (exact) mass is 592 g/mol. The highest BCUT2D eigenvalue weighted by Crippen LogP contribution is 2.36. The molecule has 1 heterocycles. The quantitative estimate of drug-likeness (QED) is 0.189. The number of nitrogens with one attached hydrogen (secondary N) is 1. The molecule has 0 aliphatic carbocycles. The molecule has 0 saturated carbocycles. The first-order chi connectivity index (χ1) is 19.0. The summed E-state index contributed by atoms with van der Waals surface area (Å²) in [5.74, 6) is 1.76. The fraction of sp³-hybridized carbons (Fsp3) is 0.267. The van der Waals surface area contributed by atoms with E-state index in [1.165, 1.54) is 0 Å². The van der Waals surface area contributed by atoms with E-state index in [0.29, 0.717) is 28.1 Å². The fourth-order valence-corrected chi connectivity index (χ4v) is 4.96. The lowest BCUT2D eigenvalue weighted by molar-refractivity contribution is 0.0955. The summed E-state index contributed by atoms with van der Waals surface area (Å²) in [6, 6.07) is 19.4. The number of piperazine rings is 1. The van der Waals surface area contributed by atoms with Crippen molar-refractivity contribution in [1.82, 2.24) is 10.3 Å². The van der Waals surface area contributed by atoms with Crippen LogP contribution in [0.1, 0.15) is 21.5 Å². The highest BCUT2D eigenvalue weighted by molar-refractivity contribution is 9.10. The number of hydrazone groups is 1. The van der Waals surface area contributed by atoms with E-state index < -0.39 is 0 Å². The standard InChI is InChI=1S/C30H33BrN4O4/c1-4-17-39-29-25(31)18-23(19-28(29)38-3)20-32-33-30(36)24-11-9-22(10-12-24)21-34-13-15-35(16-14-34)26-7-5-6-8-27(26)37-2/h4-12,18-20H,1,13-17,21H2,2-3H3,(H,33,36)/b32-20-. The van der Waals surface area contributed by atoms with Gasteiger partial charge in [0.25, 0.3) is 5.91 Å². The molecule has 1 N–H and O–H groups in total. The van der Waals surface area contributed by atoms with Gasteiger partial charge in [-0.25, -0.2) is 5.43 Å². The third-order valence-corrected chi connectivity index (χ3v) is 6.99. The lowest BCUT2D eigenvalue weighted by Gasteiger charge is -2.36. The van der Waals surface area contributed by atoms with Crippen LogP contribution in [0.5, 0.6) is 17.2 Å². The normalized spacial score (nSPS) is 13.8. The number of benzene rings is 3. The summed E-state index contributed by atoms with van der Waals surface area (Å²) < 4.78 is 17.3. The third-order valence-electron chi connectivity index (χ3n) is 6.40. The molecule has 0 atom stereocenters. The van der Waals surface area contributed by atoms with Gasteiger partial charge < -0.3 is 19.1 Å². The van der Waals surface area contributed by atoms with Crippen LogP contribution >= 0.6 is 15.9 Å². The van der Waals surface area contributed by atoms with Crippen molar-refractivity contribution < 1.29 is 19.0 Å². The molecule has 9 heteroatoms. The van der Waals surface area contributed by atoms with Crippen LogP contribution in [0.25, 0.3) is 0 Å². The Hall–Kier alpha value is -3.82. The van der Waals surface area contributed by atoms with Crippen LogP contribution < -0.4 is 24.5 Å². The molecule has 8 nitrogen and oxygen atoms in total. The van der Waals surface area contributed by atoms with E-state index in [0.717, 1.165) is 55.3 Å². The lowest BCUT2D eigenvalue weighted by atomic mass is 10.1. The maximum atomic E-state index is 12.6. The summed E-state index contributed by atoms with van der Waals surface area (Å²) in [5, 5.41) is 4.11. The Morgan fingerprint density at radius 3 is 2.44 bits per heavy atom. The molecule has 0 aromatic heterocycles. The van der Waals surface area contributed by atoms with Crippen LogP contribution in [0, 0.1) is 0 Å². The van der Waals surface area contributed by atoms with Gasteiger partial charge in [-0.2, -0.15) is 5.10 Å². The van der Waals surface area contributed by atoms with Crippen molar-refractivity contribution in [3.63, 3.8) is 0 Å². The predicted octanol–water partition coefficient (Wildman–Crippen LogP) is 5.12. The van der Waals surface area contributed by atoms with Crippen LogP contribution in [0.4, 0.5) is 5.69 Å². The number of halogens is 1. The maximum Gasteiger partial charge on any atom is 0.271 e. The van der Waals surface area contributed by atoms with Gasteiger partial charge >= 0.3 is 0 Å². The number of amides is 1. The smallest absolute Gasteiger partial charge is 0.271 e. The number of hydrogen-bond acceptors (Lipinski definition) is 7. The van der Waals surface area contributed by atoms with Gasteiger partial charge in [0, 0.05) is 38.3 Å². The van der Waals surface area contributed by atoms with Crippen LogP contribution in [0.2, 0.25) is 0 Å². The summed E-state index contributed by atoms with van der Waals surface area (Å²) in [5.41, 5.74) is 6.18. The minimum atomic E-state index is -0.278. The van der Waals surface area contributed by atoms with Gasteiger partial charge in [0.2, 0.25) is 0 Å².